The maximum atomic E-state index is 13.1. The summed E-state index contributed by atoms with van der Waals surface area (Å²) in [6.45, 7) is 3.30. The Bertz CT molecular complexity index is 1540. The molecule has 2 aliphatic heterocycles. The molecule has 1 saturated heterocycles. The molecule has 0 atom stereocenters. The van der Waals surface area contributed by atoms with Crippen LogP contribution in [0.15, 0.2) is 48.7 Å². The number of nitrogens with zero attached hydrogens (tertiary/aromatic N) is 7. The topological polar surface area (TPSA) is 110 Å². The summed E-state index contributed by atoms with van der Waals surface area (Å²) in [5, 5.41) is 17.1. The molecule has 1 aliphatic carbocycles. The summed E-state index contributed by atoms with van der Waals surface area (Å²) in [6, 6.07) is 14.1. The number of aromatic nitrogens is 3. The first kappa shape index (κ1) is 28.9. The lowest BCUT2D eigenvalue weighted by Crippen LogP contribution is -2.44. The summed E-state index contributed by atoms with van der Waals surface area (Å²) in [7, 11) is 4.03. The van der Waals surface area contributed by atoms with Crippen LogP contribution in [0.4, 0.5) is 11.6 Å². The number of anilines is 2. The van der Waals surface area contributed by atoms with Gasteiger partial charge in [-0.3, -0.25) is 9.59 Å². The Hall–Kier alpha value is -4.23. The molecule has 10 heteroatoms. The van der Waals surface area contributed by atoms with Crippen molar-refractivity contribution in [2.45, 2.75) is 51.0 Å². The fourth-order valence-electron chi connectivity index (χ4n) is 6.63. The van der Waals surface area contributed by atoms with Crippen molar-refractivity contribution in [3.05, 3.63) is 59.8 Å². The van der Waals surface area contributed by atoms with E-state index in [1.165, 1.54) is 5.57 Å². The number of likely N-dealkylation sites (tertiary alicyclic amines) is 1. The Kier molecular flexibility index (Phi) is 8.43. The molecule has 1 aromatic carbocycles. The van der Waals surface area contributed by atoms with Crippen molar-refractivity contribution in [2.75, 3.05) is 45.6 Å². The lowest BCUT2D eigenvalue weighted by molar-refractivity contribution is -0.136. The van der Waals surface area contributed by atoms with Crippen LogP contribution in [0.5, 0.6) is 0 Å². The molecule has 2 aromatic heterocycles. The second kappa shape index (κ2) is 12.6. The van der Waals surface area contributed by atoms with Gasteiger partial charge in [0.1, 0.15) is 0 Å². The molecule has 0 bridgehead atoms. The molecule has 43 heavy (non-hydrogen) atoms. The van der Waals surface area contributed by atoms with Gasteiger partial charge < -0.3 is 20.0 Å². The summed E-state index contributed by atoms with van der Waals surface area (Å²) in [5.74, 6) is 0.893. The number of amides is 2. The Labute approximate surface area is 253 Å². The quantitative estimate of drug-likeness (QED) is 0.454. The summed E-state index contributed by atoms with van der Waals surface area (Å²) >= 11 is 0. The molecule has 0 radical (unpaired) electrons. The minimum Gasteiger partial charge on any atom is -0.339 e. The van der Waals surface area contributed by atoms with E-state index in [1.807, 2.05) is 53.4 Å². The zero-order valence-electron chi connectivity index (χ0n) is 25.1. The molecule has 0 unspecified atom stereocenters. The third-order valence-electron chi connectivity index (χ3n) is 9.43. The van der Waals surface area contributed by atoms with Crippen molar-refractivity contribution in [3.8, 4) is 6.07 Å². The van der Waals surface area contributed by atoms with E-state index < -0.39 is 0 Å². The second-order valence-corrected chi connectivity index (χ2v) is 12.2. The maximum absolute atomic E-state index is 13.1. The third-order valence-corrected chi connectivity index (χ3v) is 9.43. The second-order valence-electron chi connectivity index (χ2n) is 12.2. The molecule has 0 spiro atoms. The summed E-state index contributed by atoms with van der Waals surface area (Å²) in [6.07, 6.45) is 10.1. The highest BCUT2D eigenvalue weighted by molar-refractivity contribution is 5.94. The molecule has 10 nitrogen and oxygen atoms in total. The van der Waals surface area contributed by atoms with Crippen molar-refractivity contribution in [1.82, 2.24) is 29.3 Å². The maximum Gasteiger partial charge on any atom is 0.253 e. The van der Waals surface area contributed by atoms with E-state index in [1.54, 1.807) is 4.52 Å². The Morgan fingerprint density at radius 1 is 1.02 bits per heavy atom. The molecule has 3 aliphatic rings. The molecule has 2 amide bonds. The van der Waals surface area contributed by atoms with Gasteiger partial charge in [-0.25, -0.2) is 4.52 Å². The number of hydrogen-bond acceptors (Lipinski definition) is 7. The predicted octanol–water partition coefficient (Wildman–Crippen LogP) is 4.58. The van der Waals surface area contributed by atoms with Crippen LogP contribution in [0, 0.1) is 23.2 Å². The SMILES string of the molecule is CN1CCC(N(C)C(=O)c2ccc(Nc3nc4c(C5=CCN(C(=O)C6CCC(C#N)CC6)CC5)cccn4n3)cc2)CC1. The van der Waals surface area contributed by atoms with Crippen LogP contribution in [-0.2, 0) is 4.79 Å². The van der Waals surface area contributed by atoms with E-state index in [-0.39, 0.29) is 29.7 Å². The van der Waals surface area contributed by atoms with Crippen LogP contribution in [0.2, 0.25) is 0 Å². The molecule has 4 heterocycles. The van der Waals surface area contributed by atoms with Crippen molar-refractivity contribution in [2.24, 2.45) is 11.8 Å². The number of benzene rings is 1. The van der Waals surface area contributed by atoms with Gasteiger partial charge in [-0.15, -0.1) is 5.10 Å². The number of piperidine rings is 1. The van der Waals surface area contributed by atoms with Crippen molar-refractivity contribution in [3.63, 3.8) is 0 Å². The Morgan fingerprint density at radius 3 is 2.44 bits per heavy atom. The fraction of sp³-hybridized carbons (Fsp3) is 0.485. The van der Waals surface area contributed by atoms with E-state index in [9.17, 15) is 9.59 Å². The zero-order chi connectivity index (χ0) is 29.9. The van der Waals surface area contributed by atoms with Gasteiger partial charge in [-0.05, 0) is 107 Å². The average Bonchev–Trinajstić information content (AvgIpc) is 3.47. The molecule has 224 valence electrons. The van der Waals surface area contributed by atoms with Crippen LogP contribution in [0.1, 0.15) is 60.9 Å². The van der Waals surface area contributed by atoms with Gasteiger partial charge in [0, 0.05) is 61.0 Å². The number of carbonyl (C=O) groups excluding carboxylic acids is 2. The highest BCUT2D eigenvalue weighted by Crippen LogP contribution is 2.32. The van der Waals surface area contributed by atoms with E-state index >= 15 is 0 Å². The lowest BCUT2D eigenvalue weighted by Gasteiger charge is -2.35. The van der Waals surface area contributed by atoms with Crippen molar-refractivity contribution in [1.29, 1.82) is 5.26 Å². The smallest absolute Gasteiger partial charge is 0.253 e. The monoisotopic (exact) mass is 580 g/mol. The Morgan fingerprint density at radius 2 is 1.77 bits per heavy atom. The lowest BCUT2D eigenvalue weighted by atomic mass is 9.82. The average molecular weight is 581 g/mol. The number of rotatable bonds is 6. The molecular weight excluding hydrogens is 540 g/mol. The summed E-state index contributed by atoms with van der Waals surface area (Å²) < 4.78 is 1.78. The summed E-state index contributed by atoms with van der Waals surface area (Å²) in [5.41, 5.74) is 4.42. The predicted molar refractivity (Wildman–Crippen MR) is 166 cm³/mol. The molecule has 2 fully saturated rings. The van der Waals surface area contributed by atoms with Crippen LogP contribution in [0.3, 0.4) is 0 Å². The van der Waals surface area contributed by atoms with Gasteiger partial charge in [-0.1, -0.05) is 6.08 Å². The molecule has 1 saturated carbocycles. The van der Waals surface area contributed by atoms with Gasteiger partial charge >= 0.3 is 0 Å². The number of pyridine rings is 1. The molecule has 3 aromatic rings. The van der Waals surface area contributed by atoms with Crippen molar-refractivity contribution < 1.29 is 9.59 Å². The highest BCUT2D eigenvalue weighted by Gasteiger charge is 2.30. The van der Waals surface area contributed by atoms with Gasteiger partial charge in [0.2, 0.25) is 11.9 Å². The standard InChI is InChI=1S/C33H40N8O2/c1-38-18-15-28(16-19-38)39(2)31(42)25-9-11-27(12-10-25)35-33-36-30-29(4-3-17-41(30)37-33)24-13-20-40(21-14-24)32(43)26-7-5-23(22-34)6-8-26/h3-4,9-13,17,23,26,28H,5-8,14-16,18-21H2,1-2H3,(H,35,37). The van der Waals surface area contributed by atoms with Gasteiger partial charge in [-0.2, -0.15) is 10.2 Å². The first-order valence-corrected chi connectivity index (χ1v) is 15.5. The van der Waals surface area contributed by atoms with Gasteiger partial charge in [0.25, 0.3) is 5.91 Å². The first-order valence-electron chi connectivity index (χ1n) is 15.5. The van der Waals surface area contributed by atoms with E-state index in [4.69, 9.17) is 10.2 Å². The Balaban J connectivity index is 1.10. The van der Waals surface area contributed by atoms with Gasteiger partial charge in [0.05, 0.1) is 6.07 Å². The number of hydrogen-bond donors (Lipinski definition) is 1. The molecular formula is C33H40N8O2. The molecule has 1 N–H and O–H groups in total. The fourth-order valence-corrected chi connectivity index (χ4v) is 6.63. The minimum atomic E-state index is 0.0420. The summed E-state index contributed by atoms with van der Waals surface area (Å²) in [4.78, 5) is 37.1. The number of carbonyl (C=O) groups is 2. The minimum absolute atomic E-state index is 0.0420. The van der Waals surface area contributed by atoms with Gasteiger partial charge in [0.15, 0.2) is 5.65 Å². The third kappa shape index (κ3) is 6.27. The zero-order valence-corrected chi connectivity index (χ0v) is 25.1. The highest BCUT2D eigenvalue weighted by atomic mass is 16.2. The largest absolute Gasteiger partial charge is 0.339 e. The van der Waals surface area contributed by atoms with Crippen LogP contribution >= 0.6 is 0 Å². The van der Waals surface area contributed by atoms with E-state index in [0.717, 1.165) is 74.9 Å². The van der Waals surface area contributed by atoms with E-state index in [2.05, 4.69) is 40.6 Å². The number of fused-ring (bicyclic) bond motifs is 1. The normalized spacial score (nSPS) is 21.7. The van der Waals surface area contributed by atoms with Crippen LogP contribution < -0.4 is 5.32 Å². The number of nitrogens with one attached hydrogen (secondary N) is 1. The van der Waals surface area contributed by atoms with Crippen LogP contribution in [-0.4, -0.2) is 87.4 Å². The van der Waals surface area contributed by atoms with Crippen LogP contribution in [0.25, 0.3) is 11.2 Å². The van der Waals surface area contributed by atoms with E-state index in [0.29, 0.717) is 24.6 Å². The molecule has 6 rings (SSSR count). The first-order chi connectivity index (χ1) is 20.9. The number of nitriles is 1. The van der Waals surface area contributed by atoms with Crippen molar-refractivity contribution >= 4 is 34.7 Å².